The molecule has 1 N–H and O–H groups in total. The zero-order valence-electron chi connectivity index (χ0n) is 6.63. The highest BCUT2D eigenvalue weighted by molar-refractivity contribution is 4.90. The molecule has 0 radical (unpaired) electrons. The van der Waals surface area contributed by atoms with Crippen LogP contribution in [0.3, 0.4) is 0 Å². The van der Waals surface area contributed by atoms with Crippen LogP contribution in [-0.4, -0.2) is 6.10 Å². The van der Waals surface area contributed by atoms with Gasteiger partial charge in [-0.05, 0) is 24.8 Å². The molecule has 1 aliphatic rings. The molecule has 1 heterocycles. The summed E-state index contributed by atoms with van der Waals surface area (Å²) >= 11 is 0. The summed E-state index contributed by atoms with van der Waals surface area (Å²) in [6, 6.07) is 0. The minimum Gasteiger partial charge on any atom is -0.274 e. The van der Waals surface area contributed by atoms with E-state index in [1.54, 1.807) is 0 Å². The molecule has 1 unspecified atom stereocenters. The van der Waals surface area contributed by atoms with Gasteiger partial charge in [-0.2, -0.15) is 0 Å². The molecule has 2 nitrogen and oxygen atoms in total. The van der Waals surface area contributed by atoms with E-state index in [4.69, 9.17) is 4.84 Å². The molecule has 0 fully saturated rings. The van der Waals surface area contributed by atoms with Crippen molar-refractivity contribution in [3.63, 3.8) is 0 Å². The molecule has 1 aliphatic heterocycles. The van der Waals surface area contributed by atoms with Gasteiger partial charge in [0.1, 0.15) is 6.10 Å². The Morgan fingerprint density at radius 2 is 2.40 bits per heavy atom. The van der Waals surface area contributed by atoms with E-state index in [-0.39, 0.29) is 0 Å². The van der Waals surface area contributed by atoms with Crippen molar-refractivity contribution in [3.05, 3.63) is 12.3 Å². The van der Waals surface area contributed by atoms with Crippen molar-refractivity contribution in [1.29, 1.82) is 0 Å². The zero-order chi connectivity index (χ0) is 7.40. The Kier molecular flexibility index (Phi) is 2.75. The molecule has 0 aromatic rings. The van der Waals surface area contributed by atoms with Crippen LogP contribution in [0.1, 0.15) is 26.7 Å². The summed E-state index contributed by atoms with van der Waals surface area (Å²) < 4.78 is 0. The van der Waals surface area contributed by atoms with Crippen LogP contribution in [-0.2, 0) is 4.84 Å². The quantitative estimate of drug-likeness (QED) is 0.647. The predicted octanol–water partition coefficient (Wildman–Crippen LogP) is 1.84. The van der Waals surface area contributed by atoms with Crippen LogP contribution < -0.4 is 5.48 Å². The van der Waals surface area contributed by atoms with Crippen LogP contribution in [0.2, 0.25) is 0 Å². The van der Waals surface area contributed by atoms with Crippen molar-refractivity contribution >= 4 is 0 Å². The van der Waals surface area contributed by atoms with Gasteiger partial charge in [-0.15, -0.1) is 0 Å². The molecule has 0 spiro atoms. The second-order valence-corrected chi connectivity index (χ2v) is 3.10. The maximum Gasteiger partial charge on any atom is 0.105 e. The van der Waals surface area contributed by atoms with Gasteiger partial charge in [0.15, 0.2) is 0 Å². The molecule has 58 valence electrons. The third-order valence-electron chi connectivity index (χ3n) is 1.63. The Labute approximate surface area is 62.2 Å². The number of hydrogen-bond donors (Lipinski definition) is 1. The number of nitrogens with one attached hydrogen (secondary N) is 1. The largest absolute Gasteiger partial charge is 0.274 e. The molecule has 2 heteroatoms. The second kappa shape index (κ2) is 3.62. The number of rotatable bonds is 3. The summed E-state index contributed by atoms with van der Waals surface area (Å²) in [7, 11) is 0. The third-order valence-corrected chi connectivity index (χ3v) is 1.63. The first-order valence-electron chi connectivity index (χ1n) is 3.87. The Morgan fingerprint density at radius 3 is 2.90 bits per heavy atom. The van der Waals surface area contributed by atoms with Crippen LogP contribution in [0.25, 0.3) is 0 Å². The average Bonchev–Trinajstić information content (AvgIpc) is 2.34. The lowest BCUT2D eigenvalue weighted by Crippen LogP contribution is -2.10. The highest BCUT2D eigenvalue weighted by Crippen LogP contribution is 2.11. The standard InChI is InChI=1S/C8H15NO/c1-7(2)3-4-8-5-6-9-10-8/h5-9H,3-4H2,1-2H3. The molecular formula is C8H15NO. The summed E-state index contributed by atoms with van der Waals surface area (Å²) in [5.41, 5.74) is 2.72. The predicted molar refractivity (Wildman–Crippen MR) is 41.2 cm³/mol. The van der Waals surface area contributed by atoms with Gasteiger partial charge < -0.3 is 0 Å². The maximum atomic E-state index is 5.14. The van der Waals surface area contributed by atoms with Crippen molar-refractivity contribution < 1.29 is 4.84 Å². The van der Waals surface area contributed by atoms with Gasteiger partial charge in [-0.3, -0.25) is 10.3 Å². The van der Waals surface area contributed by atoms with E-state index in [9.17, 15) is 0 Å². The highest BCUT2D eigenvalue weighted by atomic mass is 16.7. The monoisotopic (exact) mass is 141 g/mol. The van der Waals surface area contributed by atoms with Gasteiger partial charge in [-0.25, -0.2) is 0 Å². The first-order valence-corrected chi connectivity index (χ1v) is 3.87. The van der Waals surface area contributed by atoms with Crippen molar-refractivity contribution in [2.24, 2.45) is 5.92 Å². The van der Waals surface area contributed by atoms with Gasteiger partial charge in [0.05, 0.1) is 0 Å². The van der Waals surface area contributed by atoms with Crippen molar-refractivity contribution in [2.45, 2.75) is 32.8 Å². The van der Waals surface area contributed by atoms with Crippen LogP contribution >= 0.6 is 0 Å². The lowest BCUT2D eigenvalue weighted by atomic mass is 10.1. The molecule has 10 heavy (non-hydrogen) atoms. The topological polar surface area (TPSA) is 21.3 Å². The fourth-order valence-corrected chi connectivity index (χ4v) is 0.965. The van der Waals surface area contributed by atoms with Crippen molar-refractivity contribution in [1.82, 2.24) is 5.48 Å². The fourth-order valence-electron chi connectivity index (χ4n) is 0.965. The summed E-state index contributed by atoms with van der Waals surface area (Å²) in [5, 5.41) is 0. The molecule has 0 aromatic carbocycles. The Bertz CT molecular complexity index is 120. The molecule has 0 saturated carbocycles. The van der Waals surface area contributed by atoms with E-state index < -0.39 is 0 Å². The lowest BCUT2D eigenvalue weighted by molar-refractivity contribution is 0.0400. The minimum absolute atomic E-state index is 0.308. The van der Waals surface area contributed by atoms with Gasteiger partial charge in [-0.1, -0.05) is 13.8 Å². The Hall–Kier alpha value is -0.500. The van der Waals surface area contributed by atoms with Crippen LogP contribution in [0.15, 0.2) is 12.3 Å². The Balaban J connectivity index is 2.08. The summed E-state index contributed by atoms with van der Waals surface area (Å²) in [5.74, 6) is 0.776. The first-order chi connectivity index (χ1) is 4.79. The van der Waals surface area contributed by atoms with Crippen LogP contribution in [0.4, 0.5) is 0 Å². The highest BCUT2D eigenvalue weighted by Gasteiger charge is 2.09. The molecule has 0 aromatic heterocycles. The fraction of sp³-hybridized carbons (Fsp3) is 0.750. The first kappa shape index (κ1) is 7.61. The molecular weight excluding hydrogens is 126 g/mol. The Morgan fingerprint density at radius 1 is 1.60 bits per heavy atom. The maximum absolute atomic E-state index is 5.14. The van der Waals surface area contributed by atoms with E-state index >= 15 is 0 Å². The van der Waals surface area contributed by atoms with Crippen molar-refractivity contribution in [2.75, 3.05) is 0 Å². The van der Waals surface area contributed by atoms with Gasteiger partial charge in [0.2, 0.25) is 0 Å². The number of hydroxylamine groups is 1. The van der Waals surface area contributed by atoms with E-state index in [1.807, 2.05) is 6.20 Å². The molecule has 0 aliphatic carbocycles. The molecule has 1 rings (SSSR count). The van der Waals surface area contributed by atoms with Gasteiger partial charge >= 0.3 is 0 Å². The summed E-state index contributed by atoms with van der Waals surface area (Å²) in [4.78, 5) is 5.14. The van der Waals surface area contributed by atoms with E-state index in [2.05, 4.69) is 25.4 Å². The summed E-state index contributed by atoms with van der Waals surface area (Å²) in [6.07, 6.45) is 6.58. The number of hydrogen-bond acceptors (Lipinski definition) is 2. The van der Waals surface area contributed by atoms with Gasteiger partial charge in [0, 0.05) is 6.20 Å². The molecule has 0 bridgehead atoms. The van der Waals surface area contributed by atoms with Crippen molar-refractivity contribution in [3.8, 4) is 0 Å². The zero-order valence-corrected chi connectivity index (χ0v) is 6.63. The normalized spacial score (nSPS) is 23.7. The minimum atomic E-state index is 0.308. The molecule has 1 atom stereocenters. The second-order valence-electron chi connectivity index (χ2n) is 3.10. The van der Waals surface area contributed by atoms with E-state index in [0.29, 0.717) is 6.10 Å². The lowest BCUT2D eigenvalue weighted by Gasteiger charge is -2.08. The summed E-state index contributed by atoms with van der Waals surface area (Å²) in [6.45, 7) is 4.46. The van der Waals surface area contributed by atoms with E-state index in [0.717, 1.165) is 12.3 Å². The SMILES string of the molecule is CC(C)CCC1C=CNO1. The molecule has 0 amide bonds. The molecule has 0 saturated heterocycles. The van der Waals surface area contributed by atoms with Crippen LogP contribution in [0.5, 0.6) is 0 Å². The van der Waals surface area contributed by atoms with E-state index in [1.165, 1.54) is 6.42 Å². The smallest absolute Gasteiger partial charge is 0.105 e. The third kappa shape index (κ3) is 2.40. The van der Waals surface area contributed by atoms with Gasteiger partial charge in [0.25, 0.3) is 0 Å². The van der Waals surface area contributed by atoms with Crippen LogP contribution in [0, 0.1) is 5.92 Å². The average molecular weight is 141 g/mol.